The Kier molecular flexibility index (Phi) is 5.42. The van der Waals surface area contributed by atoms with Crippen LogP contribution in [-0.4, -0.2) is 29.9 Å². The number of carbonyl (C=O) groups is 1. The molecule has 2 heterocycles. The molecule has 4 nitrogen and oxygen atoms in total. The van der Waals surface area contributed by atoms with Crippen LogP contribution in [0.25, 0.3) is 9.88 Å². The molecule has 21 heavy (non-hydrogen) atoms. The predicted molar refractivity (Wildman–Crippen MR) is 83.8 cm³/mol. The molecule has 2 rings (SSSR count). The van der Waals surface area contributed by atoms with E-state index in [-0.39, 0.29) is 6.42 Å². The number of hydrogen-bond acceptors (Lipinski definition) is 5. The summed E-state index contributed by atoms with van der Waals surface area (Å²) in [6, 6.07) is 1.94. The van der Waals surface area contributed by atoms with Crippen LogP contribution >= 0.6 is 38.6 Å². The molecule has 0 unspecified atom stereocenters. The molecule has 0 spiro atoms. The summed E-state index contributed by atoms with van der Waals surface area (Å²) in [5, 5.41) is 6.67. The van der Waals surface area contributed by atoms with E-state index in [2.05, 4.69) is 26.2 Å². The van der Waals surface area contributed by atoms with Gasteiger partial charge in [0.25, 0.3) is 5.92 Å². The second kappa shape index (κ2) is 6.91. The van der Waals surface area contributed by atoms with Gasteiger partial charge in [0.15, 0.2) is 0 Å². The molecule has 0 fully saturated rings. The summed E-state index contributed by atoms with van der Waals surface area (Å²) in [6.07, 6.45) is -0.0241. The maximum atomic E-state index is 12.9. The first-order chi connectivity index (χ1) is 9.89. The molecule has 2 aromatic heterocycles. The van der Waals surface area contributed by atoms with Crippen LogP contribution in [-0.2, 0) is 11.2 Å². The van der Waals surface area contributed by atoms with Crippen molar-refractivity contribution < 1.29 is 13.6 Å². The quantitative estimate of drug-likeness (QED) is 0.789. The zero-order valence-electron chi connectivity index (χ0n) is 10.7. The number of nitrogens with two attached hydrogens (primary N) is 1. The highest BCUT2D eigenvalue weighted by molar-refractivity contribution is 9.10. The van der Waals surface area contributed by atoms with Crippen molar-refractivity contribution in [3.05, 3.63) is 27.0 Å². The number of hydrogen-bond donors (Lipinski definition) is 2. The second-order valence-corrected chi connectivity index (χ2v) is 6.97. The van der Waals surface area contributed by atoms with Crippen molar-refractivity contribution in [3.63, 3.8) is 0 Å². The number of thiophene rings is 1. The Morgan fingerprint density at radius 1 is 1.43 bits per heavy atom. The Morgan fingerprint density at radius 2 is 2.19 bits per heavy atom. The predicted octanol–water partition coefficient (Wildman–Crippen LogP) is 2.89. The van der Waals surface area contributed by atoms with Gasteiger partial charge in [-0.05, 0) is 22.0 Å². The third-order valence-corrected chi connectivity index (χ3v) is 5.27. The average Bonchev–Trinajstić information content (AvgIpc) is 3.05. The Hall–Kier alpha value is -0.900. The van der Waals surface area contributed by atoms with Crippen molar-refractivity contribution in [2.45, 2.75) is 12.3 Å². The maximum absolute atomic E-state index is 12.9. The van der Waals surface area contributed by atoms with Crippen LogP contribution in [0.1, 0.15) is 5.69 Å². The number of halogens is 3. The van der Waals surface area contributed by atoms with E-state index in [0.29, 0.717) is 5.69 Å². The molecule has 0 aliphatic carbocycles. The lowest BCUT2D eigenvalue weighted by Crippen LogP contribution is -2.42. The van der Waals surface area contributed by atoms with Gasteiger partial charge in [-0.1, -0.05) is 0 Å². The van der Waals surface area contributed by atoms with Crippen LogP contribution in [0, 0.1) is 0 Å². The number of nitrogens with one attached hydrogen (secondary N) is 1. The SMILES string of the molecule is NCC(F)(F)CNC(=O)Cc1csc(-c2cc(Br)cs2)n1. The van der Waals surface area contributed by atoms with Gasteiger partial charge in [-0.15, -0.1) is 22.7 Å². The molecule has 0 radical (unpaired) electrons. The van der Waals surface area contributed by atoms with Gasteiger partial charge >= 0.3 is 0 Å². The summed E-state index contributed by atoms with van der Waals surface area (Å²) in [5.74, 6) is -3.57. The number of carbonyl (C=O) groups excluding carboxylic acids is 1. The zero-order chi connectivity index (χ0) is 15.5. The smallest absolute Gasteiger partial charge is 0.277 e. The molecule has 0 aliphatic heterocycles. The van der Waals surface area contributed by atoms with E-state index in [9.17, 15) is 13.6 Å². The summed E-state index contributed by atoms with van der Waals surface area (Å²) in [4.78, 5) is 16.9. The van der Waals surface area contributed by atoms with E-state index >= 15 is 0 Å². The fraction of sp³-hybridized carbons (Fsp3) is 0.333. The van der Waals surface area contributed by atoms with Crippen molar-refractivity contribution >= 4 is 44.5 Å². The van der Waals surface area contributed by atoms with Crippen LogP contribution in [0.2, 0.25) is 0 Å². The Labute approximate surface area is 136 Å². The molecule has 0 bridgehead atoms. The minimum Gasteiger partial charge on any atom is -0.350 e. The van der Waals surface area contributed by atoms with E-state index in [0.717, 1.165) is 14.4 Å². The monoisotopic (exact) mass is 395 g/mol. The number of rotatable bonds is 6. The van der Waals surface area contributed by atoms with E-state index in [1.54, 1.807) is 5.38 Å². The highest BCUT2D eigenvalue weighted by Crippen LogP contribution is 2.32. The normalized spacial score (nSPS) is 11.6. The fourth-order valence-electron chi connectivity index (χ4n) is 1.45. The van der Waals surface area contributed by atoms with Crippen LogP contribution in [0.5, 0.6) is 0 Å². The largest absolute Gasteiger partial charge is 0.350 e. The lowest BCUT2D eigenvalue weighted by atomic mass is 10.3. The summed E-state index contributed by atoms with van der Waals surface area (Å²) in [7, 11) is 0. The lowest BCUT2D eigenvalue weighted by molar-refractivity contribution is -0.122. The molecule has 1 amide bonds. The summed E-state index contributed by atoms with van der Waals surface area (Å²) < 4.78 is 26.8. The Balaban J connectivity index is 1.92. The van der Waals surface area contributed by atoms with Crippen molar-refractivity contribution in [1.29, 1.82) is 0 Å². The molecule has 0 atom stereocenters. The first-order valence-corrected chi connectivity index (χ1v) is 8.48. The first-order valence-electron chi connectivity index (χ1n) is 5.93. The highest BCUT2D eigenvalue weighted by atomic mass is 79.9. The standard InChI is InChI=1S/C12H12BrF2N3OS2/c13-7-1-9(20-3-7)11-18-8(4-21-11)2-10(19)17-6-12(14,15)5-16/h1,3-4H,2,5-6,16H2,(H,17,19). The summed E-state index contributed by atoms with van der Waals surface area (Å²) >= 11 is 6.32. The number of alkyl halides is 2. The van der Waals surface area contributed by atoms with Gasteiger partial charge in [-0.3, -0.25) is 4.79 Å². The number of nitrogens with zero attached hydrogens (tertiary/aromatic N) is 1. The number of amides is 1. The van der Waals surface area contributed by atoms with Gasteiger partial charge in [-0.25, -0.2) is 13.8 Å². The van der Waals surface area contributed by atoms with Crippen molar-refractivity contribution in [2.75, 3.05) is 13.1 Å². The van der Waals surface area contributed by atoms with Gasteiger partial charge < -0.3 is 11.1 Å². The van der Waals surface area contributed by atoms with E-state index in [1.807, 2.05) is 11.4 Å². The van der Waals surface area contributed by atoms with Gasteiger partial charge in [-0.2, -0.15) is 0 Å². The molecule has 9 heteroatoms. The van der Waals surface area contributed by atoms with E-state index in [4.69, 9.17) is 5.73 Å². The third kappa shape index (κ3) is 4.80. The fourth-order valence-corrected chi connectivity index (χ4v) is 3.78. The third-order valence-electron chi connectivity index (χ3n) is 2.51. The van der Waals surface area contributed by atoms with Gasteiger partial charge in [0.05, 0.1) is 30.1 Å². The van der Waals surface area contributed by atoms with E-state index in [1.165, 1.54) is 22.7 Å². The second-order valence-electron chi connectivity index (χ2n) is 4.29. The Bertz CT molecular complexity index is 630. The van der Waals surface area contributed by atoms with Crippen molar-refractivity contribution in [3.8, 4) is 9.88 Å². The van der Waals surface area contributed by atoms with Crippen LogP contribution in [0.4, 0.5) is 8.78 Å². The molecule has 0 aromatic carbocycles. The molecular formula is C12H12BrF2N3OS2. The average molecular weight is 396 g/mol. The zero-order valence-corrected chi connectivity index (χ0v) is 14.0. The molecule has 0 saturated heterocycles. The van der Waals surface area contributed by atoms with Crippen molar-refractivity contribution in [2.24, 2.45) is 5.73 Å². The van der Waals surface area contributed by atoms with Crippen LogP contribution in [0.3, 0.4) is 0 Å². The number of aromatic nitrogens is 1. The Morgan fingerprint density at radius 3 is 2.81 bits per heavy atom. The molecule has 114 valence electrons. The van der Waals surface area contributed by atoms with Gasteiger partial charge in [0, 0.05) is 15.2 Å². The van der Waals surface area contributed by atoms with Crippen molar-refractivity contribution in [1.82, 2.24) is 10.3 Å². The van der Waals surface area contributed by atoms with Crippen LogP contribution in [0.15, 0.2) is 21.3 Å². The van der Waals surface area contributed by atoms with Gasteiger partial charge in [0.2, 0.25) is 5.91 Å². The lowest BCUT2D eigenvalue weighted by Gasteiger charge is -2.14. The summed E-state index contributed by atoms with van der Waals surface area (Å²) in [6.45, 7) is -1.54. The first kappa shape index (κ1) is 16.5. The highest BCUT2D eigenvalue weighted by Gasteiger charge is 2.27. The molecule has 2 aromatic rings. The number of thiazole rings is 1. The van der Waals surface area contributed by atoms with Crippen LogP contribution < -0.4 is 11.1 Å². The van der Waals surface area contributed by atoms with Gasteiger partial charge in [0.1, 0.15) is 5.01 Å². The maximum Gasteiger partial charge on any atom is 0.277 e. The summed E-state index contributed by atoms with van der Waals surface area (Å²) in [5.41, 5.74) is 5.46. The molecule has 3 N–H and O–H groups in total. The topological polar surface area (TPSA) is 68.0 Å². The molecule has 0 saturated carbocycles. The van der Waals surface area contributed by atoms with E-state index < -0.39 is 24.9 Å². The molecule has 0 aliphatic rings. The minimum absolute atomic E-state index is 0.0241. The molecular weight excluding hydrogens is 384 g/mol. The minimum atomic E-state index is -3.08.